The third-order valence-corrected chi connectivity index (χ3v) is 11.8. The van der Waals surface area contributed by atoms with E-state index in [4.69, 9.17) is 15.2 Å². The number of methoxy groups -OCH3 is 1. The van der Waals surface area contributed by atoms with Gasteiger partial charge in [0.1, 0.15) is 23.5 Å². The summed E-state index contributed by atoms with van der Waals surface area (Å²) in [6, 6.07) is 8.93. The number of carbonyl (C=O) groups is 3. The van der Waals surface area contributed by atoms with Crippen LogP contribution in [0.4, 0.5) is 29.1 Å². The zero-order chi connectivity index (χ0) is 42.7. The maximum Gasteiger partial charge on any atom is 0.416 e. The number of carbonyl (C=O) groups excluding carboxylic acids is 3. The number of hydrogen-bond donors (Lipinski definition) is 3. The molecule has 4 aromatic rings. The van der Waals surface area contributed by atoms with Gasteiger partial charge in [-0.05, 0) is 119 Å². The van der Waals surface area contributed by atoms with Gasteiger partial charge >= 0.3 is 6.18 Å². The van der Waals surface area contributed by atoms with Crippen LogP contribution in [0.25, 0.3) is 10.9 Å². The van der Waals surface area contributed by atoms with Gasteiger partial charge in [-0.25, -0.2) is 14.4 Å². The second-order valence-corrected chi connectivity index (χ2v) is 16.1. The van der Waals surface area contributed by atoms with E-state index >= 15 is 4.39 Å². The second kappa shape index (κ2) is 18.0. The molecule has 320 valence electrons. The number of likely N-dealkylation sites (tertiary alicyclic amines) is 1. The Hall–Kier alpha value is -5.51. The summed E-state index contributed by atoms with van der Waals surface area (Å²) in [5.41, 5.74) is 7.65. The number of nitrogens with zero attached hydrogens (tertiary/aromatic N) is 4. The van der Waals surface area contributed by atoms with Crippen LogP contribution in [0.15, 0.2) is 42.5 Å². The number of nitrogens with one attached hydrogen (secondary N) is 2. The highest BCUT2D eigenvalue weighted by molar-refractivity contribution is 6.05. The van der Waals surface area contributed by atoms with Gasteiger partial charge in [0.25, 0.3) is 5.91 Å². The van der Waals surface area contributed by atoms with Gasteiger partial charge in [-0.1, -0.05) is 25.3 Å². The molecule has 3 amide bonds. The Kier molecular flexibility index (Phi) is 12.8. The Morgan fingerprint density at radius 2 is 1.70 bits per heavy atom. The van der Waals surface area contributed by atoms with Crippen molar-refractivity contribution in [3.05, 3.63) is 81.9 Å². The molecule has 0 spiro atoms. The average molecular weight is 834 g/mol. The van der Waals surface area contributed by atoms with Crippen molar-refractivity contribution in [3.63, 3.8) is 0 Å². The molecule has 16 heteroatoms. The SMILES string of the molecule is COc1cc2c(NC(C)c3cc(N)cc(C(F)(F)F)c3)nc(C)nc2cc1OCCCCCCCN1CCC(c2cc3c(cc2F)C(=O)N(C2CCC(=O)NC2=O)C3)CC1. The number of anilines is 2. The summed E-state index contributed by atoms with van der Waals surface area (Å²) in [4.78, 5) is 50.1. The minimum atomic E-state index is -4.52. The van der Waals surface area contributed by atoms with Crippen LogP contribution in [0, 0.1) is 12.7 Å². The highest BCUT2D eigenvalue weighted by Gasteiger charge is 2.40. The van der Waals surface area contributed by atoms with Crippen molar-refractivity contribution in [2.45, 2.75) is 102 Å². The Bertz CT molecular complexity index is 2260. The molecule has 2 unspecified atom stereocenters. The van der Waals surface area contributed by atoms with Crippen LogP contribution in [-0.2, 0) is 22.3 Å². The molecule has 7 rings (SSSR count). The number of nitrogens with two attached hydrogens (primary N) is 1. The van der Waals surface area contributed by atoms with E-state index in [9.17, 15) is 27.6 Å². The fourth-order valence-electron chi connectivity index (χ4n) is 8.55. The first-order valence-corrected chi connectivity index (χ1v) is 20.6. The molecule has 0 saturated carbocycles. The quantitative estimate of drug-likeness (QED) is 0.0468. The van der Waals surface area contributed by atoms with Crippen LogP contribution in [0.2, 0.25) is 0 Å². The number of ether oxygens (including phenoxy) is 2. The van der Waals surface area contributed by atoms with Gasteiger partial charge in [0.05, 0.1) is 30.8 Å². The molecular weight excluding hydrogens is 783 g/mol. The van der Waals surface area contributed by atoms with E-state index in [1.54, 1.807) is 33.1 Å². The zero-order valence-electron chi connectivity index (χ0n) is 34.1. The molecule has 0 bridgehead atoms. The van der Waals surface area contributed by atoms with E-state index in [1.807, 2.05) is 6.07 Å². The second-order valence-electron chi connectivity index (χ2n) is 16.1. The van der Waals surface area contributed by atoms with Gasteiger partial charge in [0, 0.05) is 35.7 Å². The maximum absolute atomic E-state index is 15.4. The van der Waals surface area contributed by atoms with E-state index < -0.39 is 29.7 Å². The number of hydrogen-bond acceptors (Lipinski definition) is 10. The van der Waals surface area contributed by atoms with E-state index in [2.05, 4.69) is 25.5 Å². The maximum atomic E-state index is 15.4. The number of alkyl halides is 3. The fourth-order valence-corrected chi connectivity index (χ4v) is 8.55. The Morgan fingerprint density at radius 1 is 0.950 bits per heavy atom. The van der Waals surface area contributed by atoms with Crippen molar-refractivity contribution in [2.75, 3.05) is 44.4 Å². The van der Waals surface area contributed by atoms with Crippen LogP contribution in [-0.4, -0.2) is 76.9 Å². The monoisotopic (exact) mass is 833 g/mol. The van der Waals surface area contributed by atoms with E-state index in [-0.39, 0.29) is 48.6 Å². The number of nitrogen functional groups attached to an aromatic ring is 1. The molecule has 0 radical (unpaired) electrons. The van der Waals surface area contributed by atoms with Crippen LogP contribution < -0.4 is 25.8 Å². The third-order valence-electron chi connectivity index (χ3n) is 11.8. The van der Waals surface area contributed by atoms with Crippen LogP contribution in [0.5, 0.6) is 11.5 Å². The highest BCUT2D eigenvalue weighted by atomic mass is 19.4. The predicted molar refractivity (Wildman–Crippen MR) is 218 cm³/mol. The number of piperidine rings is 2. The van der Waals surface area contributed by atoms with Crippen LogP contribution in [0.3, 0.4) is 0 Å². The lowest BCUT2D eigenvalue weighted by Crippen LogP contribution is -2.52. The summed E-state index contributed by atoms with van der Waals surface area (Å²) in [6.45, 7) is 6.93. The normalized spacial score (nSPS) is 18.1. The van der Waals surface area contributed by atoms with Crippen molar-refractivity contribution in [3.8, 4) is 11.5 Å². The Labute approximate surface area is 346 Å². The number of fused-ring (bicyclic) bond motifs is 2. The molecule has 4 N–H and O–H groups in total. The smallest absolute Gasteiger partial charge is 0.416 e. The number of aryl methyl sites for hydroxylation is 1. The summed E-state index contributed by atoms with van der Waals surface area (Å²) in [5.74, 6) is 0.451. The standard InChI is InChI=1S/C44H51F4N7O5/c1-25(28-17-30(44(46,47)48)20-31(49)18-28)50-41-34-22-38(59-3)39(23-36(34)51-26(2)52-41)60-16-8-6-4-5-7-13-54-14-11-27(12-15-54)32-19-29-24-55(43(58)33(29)21-35(32)45)37-9-10-40(56)53-42(37)57/h17-23,25,27,37H,4-16,24,49H2,1-3H3,(H,50,51,52)(H,53,56,57). The summed E-state index contributed by atoms with van der Waals surface area (Å²) in [6.07, 6.45) is 2.61. The third kappa shape index (κ3) is 9.59. The van der Waals surface area contributed by atoms with Crippen molar-refractivity contribution in [1.82, 2.24) is 25.1 Å². The number of aromatic nitrogens is 2. The van der Waals surface area contributed by atoms with E-state index in [0.717, 1.165) is 82.3 Å². The Balaban J connectivity index is 0.840. The summed E-state index contributed by atoms with van der Waals surface area (Å²) >= 11 is 0. The van der Waals surface area contributed by atoms with Crippen molar-refractivity contribution >= 4 is 40.1 Å². The number of amides is 3. The summed E-state index contributed by atoms with van der Waals surface area (Å²) in [5, 5.41) is 6.17. The number of imide groups is 1. The van der Waals surface area contributed by atoms with Gasteiger partial charge in [0.2, 0.25) is 11.8 Å². The first-order chi connectivity index (χ1) is 28.7. The highest BCUT2D eigenvalue weighted by Crippen LogP contribution is 2.38. The molecule has 0 aliphatic carbocycles. The minimum absolute atomic E-state index is 0.0200. The van der Waals surface area contributed by atoms with Crippen LogP contribution >= 0.6 is 0 Å². The fraction of sp³-hybridized carbons (Fsp3) is 0.477. The van der Waals surface area contributed by atoms with Gasteiger partial charge in [-0.15, -0.1) is 0 Å². The van der Waals surface area contributed by atoms with Gasteiger partial charge in [0.15, 0.2) is 11.5 Å². The molecule has 2 saturated heterocycles. The first-order valence-electron chi connectivity index (χ1n) is 20.6. The molecule has 2 atom stereocenters. The zero-order valence-corrected chi connectivity index (χ0v) is 34.1. The molecule has 4 heterocycles. The lowest BCUT2D eigenvalue weighted by molar-refractivity contribution is -0.138. The number of halogens is 4. The van der Waals surface area contributed by atoms with Crippen molar-refractivity contribution < 1.29 is 41.4 Å². The summed E-state index contributed by atoms with van der Waals surface area (Å²) in [7, 11) is 1.54. The number of unbranched alkanes of at least 4 members (excludes halogenated alkanes) is 4. The Morgan fingerprint density at radius 3 is 2.43 bits per heavy atom. The van der Waals surface area contributed by atoms with Gasteiger partial charge in [-0.3, -0.25) is 19.7 Å². The lowest BCUT2D eigenvalue weighted by atomic mass is 9.87. The van der Waals surface area contributed by atoms with E-state index in [0.29, 0.717) is 57.3 Å². The molecule has 3 aromatic carbocycles. The van der Waals surface area contributed by atoms with Crippen molar-refractivity contribution in [2.24, 2.45) is 0 Å². The number of rotatable bonds is 15. The molecule has 2 fully saturated rings. The molecule has 12 nitrogen and oxygen atoms in total. The van der Waals surface area contributed by atoms with Gasteiger partial charge < -0.3 is 30.3 Å². The minimum Gasteiger partial charge on any atom is -0.493 e. The number of benzene rings is 3. The van der Waals surface area contributed by atoms with Crippen molar-refractivity contribution in [1.29, 1.82) is 0 Å². The molecule has 3 aliphatic heterocycles. The lowest BCUT2D eigenvalue weighted by Gasteiger charge is -2.32. The largest absolute Gasteiger partial charge is 0.493 e. The van der Waals surface area contributed by atoms with Gasteiger partial charge in [-0.2, -0.15) is 13.2 Å². The van der Waals surface area contributed by atoms with E-state index in [1.165, 1.54) is 17.0 Å². The molecule has 3 aliphatic rings. The predicted octanol–water partition coefficient (Wildman–Crippen LogP) is 7.83. The molecule has 1 aromatic heterocycles. The topological polar surface area (TPSA) is 152 Å². The first kappa shape index (κ1) is 42.6. The molecule has 60 heavy (non-hydrogen) atoms. The average Bonchev–Trinajstić information content (AvgIpc) is 3.51. The molecular formula is C44H51F4N7O5. The summed E-state index contributed by atoms with van der Waals surface area (Å²) < 4.78 is 67.5. The van der Waals surface area contributed by atoms with Crippen LogP contribution in [0.1, 0.15) is 115 Å².